The summed E-state index contributed by atoms with van der Waals surface area (Å²) in [5.74, 6) is -0.158. The highest BCUT2D eigenvalue weighted by atomic mass is 32.2. The van der Waals surface area contributed by atoms with Crippen molar-refractivity contribution in [3.8, 4) is 28.5 Å². The molecule has 0 aliphatic rings. The van der Waals surface area contributed by atoms with Gasteiger partial charge in [0.1, 0.15) is 0 Å². The van der Waals surface area contributed by atoms with Gasteiger partial charge in [-0.2, -0.15) is 10.4 Å². The van der Waals surface area contributed by atoms with Crippen LogP contribution in [0, 0.1) is 11.3 Å². The van der Waals surface area contributed by atoms with Crippen LogP contribution in [0.1, 0.15) is 20.8 Å². The molecule has 3 heterocycles. The molecule has 8 nitrogen and oxygen atoms in total. The quantitative estimate of drug-likeness (QED) is 0.376. The first-order chi connectivity index (χ1) is 16.4. The molecule has 0 aliphatic heterocycles. The van der Waals surface area contributed by atoms with Gasteiger partial charge in [-0.05, 0) is 47.3 Å². The van der Waals surface area contributed by atoms with Crippen LogP contribution in [0.15, 0.2) is 83.3 Å². The predicted molar refractivity (Wildman–Crippen MR) is 128 cm³/mol. The Morgan fingerprint density at radius 3 is 2.62 bits per heavy atom. The summed E-state index contributed by atoms with van der Waals surface area (Å²) >= 11 is 1.35. The van der Waals surface area contributed by atoms with Crippen molar-refractivity contribution in [2.75, 3.05) is 0 Å². The lowest BCUT2D eigenvalue weighted by Gasteiger charge is -2.11. The molecule has 34 heavy (non-hydrogen) atoms. The molecular weight excluding hydrogens is 470 g/mol. The third-order valence-corrected chi connectivity index (χ3v) is 7.11. The Labute approximate surface area is 198 Å². The lowest BCUT2D eigenvalue weighted by molar-refractivity contribution is 0.104. The molecule has 0 atom stereocenters. The van der Waals surface area contributed by atoms with E-state index in [0.29, 0.717) is 44.0 Å². The summed E-state index contributed by atoms with van der Waals surface area (Å²) in [5, 5.41) is 20.9. The smallest absolute Gasteiger partial charge is 0.238 e. The molecule has 0 amide bonds. The number of rotatable bonds is 5. The highest BCUT2D eigenvalue weighted by Gasteiger charge is 2.20. The fraction of sp³-hybridized carbons (Fsp3) is 0. The number of hydrogen-bond acceptors (Lipinski definition) is 7. The third-order valence-electron chi connectivity index (χ3n) is 5.28. The fourth-order valence-corrected chi connectivity index (χ4v) is 5.15. The van der Waals surface area contributed by atoms with E-state index in [1.165, 1.54) is 35.7 Å². The molecule has 0 fully saturated rings. The van der Waals surface area contributed by atoms with E-state index in [0.717, 1.165) is 0 Å². The number of sulfonamides is 1. The number of carbonyl (C=O) groups is 1. The number of primary sulfonamides is 1. The predicted octanol–water partition coefficient (Wildman–Crippen LogP) is 3.87. The minimum atomic E-state index is -4.02. The standard InChI is InChI=1S/C24H15N5O3S2/c25-13-15-6-7-22(34(26,31)32)18(11-15)16-3-1-4-17(12-16)20-8-9-27-24-19(14-28-29(20)24)23(30)21-5-2-10-33-21/h1-12,14H,(H2,26,31,32). The molecule has 0 saturated heterocycles. The molecule has 5 rings (SSSR count). The SMILES string of the molecule is N#Cc1ccc(S(N)(=O)=O)c(-c2cccc(-c3ccnc4c(C(=O)c5cccs5)cnn34)c2)c1. The molecule has 2 aromatic carbocycles. The molecule has 0 saturated carbocycles. The van der Waals surface area contributed by atoms with E-state index in [1.807, 2.05) is 23.6 Å². The number of hydrogen-bond donors (Lipinski definition) is 1. The maximum absolute atomic E-state index is 12.9. The molecule has 2 N–H and O–H groups in total. The van der Waals surface area contributed by atoms with E-state index >= 15 is 0 Å². The fourth-order valence-electron chi connectivity index (χ4n) is 3.73. The Bertz CT molecular complexity index is 1720. The number of ketones is 1. The van der Waals surface area contributed by atoms with E-state index in [-0.39, 0.29) is 10.7 Å². The maximum atomic E-state index is 12.9. The minimum Gasteiger partial charge on any atom is -0.287 e. The van der Waals surface area contributed by atoms with Gasteiger partial charge in [0, 0.05) is 17.3 Å². The summed E-state index contributed by atoms with van der Waals surface area (Å²) < 4.78 is 25.9. The van der Waals surface area contributed by atoms with Gasteiger partial charge in [-0.15, -0.1) is 11.3 Å². The topological polar surface area (TPSA) is 131 Å². The number of benzene rings is 2. The first-order valence-corrected chi connectivity index (χ1v) is 12.4. The van der Waals surface area contributed by atoms with Crippen LogP contribution in [-0.2, 0) is 10.0 Å². The molecule has 0 bridgehead atoms. The summed E-state index contributed by atoms with van der Waals surface area (Å²) in [6, 6.07) is 18.7. The van der Waals surface area contributed by atoms with Gasteiger partial charge in [0.25, 0.3) is 0 Å². The summed E-state index contributed by atoms with van der Waals surface area (Å²) in [6.45, 7) is 0. The van der Waals surface area contributed by atoms with Crippen molar-refractivity contribution < 1.29 is 13.2 Å². The average Bonchev–Trinajstić information content (AvgIpc) is 3.53. The molecule has 0 unspecified atom stereocenters. The summed E-state index contributed by atoms with van der Waals surface area (Å²) in [4.78, 5) is 17.8. The molecule has 0 spiro atoms. The van der Waals surface area contributed by atoms with Gasteiger partial charge in [-0.3, -0.25) is 4.79 Å². The van der Waals surface area contributed by atoms with E-state index in [1.54, 1.807) is 41.0 Å². The van der Waals surface area contributed by atoms with E-state index in [2.05, 4.69) is 10.1 Å². The molecule has 5 aromatic rings. The molecular formula is C24H15N5O3S2. The van der Waals surface area contributed by atoms with Crippen molar-refractivity contribution in [2.24, 2.45) is 5.14 Å². The van der Waals surface area contributed by atoms with Crippen LogP contribution in [0.2, 0.25) is 0 Å². The van der Waals surface area contributed by atoms with Crippen molar-refractivity contribution in [3.05, 3.63) is 94.4 Å². The summed E-state index contributed by atoms with van der Waals surface area (Å²) in [7, 11) is -4.02. The second-order valence-electron chi connectivity index (χ2n) is 7.38. The minimum absolute atomic E-state index is 0.0774. The van der Waals surface area contributed by atoms with Crippen LogP contribution in [0.5, 0.6) is 0 Å². The van der Waals surface area contributed by atoms with Gasteiger partial charge in [0.15, 0.2) is 5.65 Å². The lowest BCUT2D eigenvalue weighted by atomic mass is 10.00. The first-order valence-electron chi connectivity index (χ1n) is 9.95. The van der Waals surface area contributed by atoms with Gasteiger partial charge < -0.3 is 0 Å². The molecule has 3 aromatic heterocycles. The third kappa shape index (κ3) is 3.78. The number of nitriles is 1. The van der Waals surface area contributed by atoms with Crippen LogP contribution >= 0.6 is 11.3 Å². The summed E-state index contributed by atoms with van der Waals surface area (Å²) in [5.41, 5.74) is 3.37. The Kier molecular flexibility index (Phi) is 5.30. The highest BCUT2D eigenvalue weighted by molar-refractivity contribution is 7.89. The lowest BCUT2D eigenvalue weighted by Crippen LogP contribution is -2.13. The number of fused-ring (bicyclic) bond motifs is 1. The molecule has 0 aliphatic carbocycles. The van der Waals surface area contributed by atoms with Gasteiger partial charge in [0.2, 0.25) is 15.8 Å². The summed E-state index contributed by atoms with van der Waals surface area (Å²) in [6.07, 6.45) is 3.09. The van der Waals surface area contributed by atoms with Gasteiger partial charge in [-0.1, -0.05) is 24.3 Å². The first kappa shape index (κ1) is 21.7. The van der Waals surface area contributed by atoms with Crippen LogP contribution in [-0.4, -0.2) is 28.8 Å². The largest absolute Gasteiger partial charge is 0.287 e. The van der Waals surface area contributed by atoms with Gasteiger partial charge in [0.05, 0.1) is 38.9 Å². The Hall–Kier alpha value is -4.17. The Morgan fingerprint density at radius 2 is 1.88 bits per heavy atom. The van der Waals surface area contributed by atoms with Crippen LogP contribution in [0.4, 0.5) is 0 Å². The number of thiophene rings is 1. The van der Waals surface area contributed by atoms with E-state index < -0.39 is 10.0 Å². The number of aromatic nitrogens is 3. The van der Waals surface area contributed by atoms with Crippen LogP contribution in [0.25, 0.3) is 28.0 Å². The highest BCUT2D eigenvalue weighted by Crippen LogP contribution is 2.31. The van der Waals surface area contributed by atoms with Crippen LogP contribution in [0.3, 0.4) is 0 Å². The van der Waals surface area contributed by atoms with Gasteiger partial charge in [-0.25, -0.2) is 23.1 Å². The van der Waals surface area contributed by atoms with E-state index in [4.69, 9.17) is 5.14 Å². The molecule has 0 radical (unpaired) electrons. The van der Waals surface area contributed by atoms with Crippen molar-refractivity contribution in [3.63, 3.8) is 0 Å². The Balaban J connectivity index is 1.65. The zero-order chi connectivity index (χ0) is 23.9. The number of nitrogens with two attached hydrogens (primary N) is 1. The van der Waals surface area contributed by atoms with Crippen molar-refractivity contribution in [1.29, 1.82) is 5.26 Å². The maximum Gasteiger partial charge on any atom is 0.238 e. The average molecular weight is 486 g/mol. The molecule has 166 valence electrons. The van der Waals surface area contributed by atoms with Gasteiger partial charge >= 0.3 is 0 Å². The number of nitrogens with zero attached hydrogens (tertiary/aromatic N) is 4. The van der Waals surface area contributed by atoms with E-state index in [9.17, 15) is 18.5 Å². The number of carbonyl (C=O) groups excluding carboxylic acids is 1. The second kappa shape index (κ2) is 8.31. The molecule has 10 heteroatoms. The van der Waals surface area contributed by atoms with Crippen LogP contribution < -0.4 is 5.14 Å². The normalized spacial score (nSPS) is 11.4. The van der Waals surface area contributed by atoms with Crippen molar-refractivity contribution >= 4 is 32.8 Å². The second-order valence-corrected chi connectivity index (χ2v) is 9.86. The van der Waals surface area contributed by atoms with Crippen molar-refractivity contribution in [2.45, 2.75) is 4.90 Å². The zero-order valence-corrected chi connectivity index (χ0v) is 19.0. The Morgan fingerprint density at radius 1 is 1.06 bits per heavy atom. The van der Waals surface area contributed by atoms with Crippen molar-refractivity contribution in [1.82, 2.24) is 14.6 Å². The zero-order valence-electron chi connectivity index (χ0n) is 17.4. The monoisotopic (exact) mass is 485 g/mol.